The molecular formula is C32H56N2O4. The van der Waals surface area contributed by atoms with E-state index in [0.717, 1.165) is 83.5 Å². The number of rotatable bonds is 6. The van der Waals surface area contributed by atoms with Gasteiger partial charge in [-0.1, -0.05) is 69.6 Å². The third-order valence-corrected chi connectivity index (χ3v) is 7.14. The molecule has 0 spiro atoms. The Morgan fingerprint density at radius 1 is 0.895 bits per heavy atom. The van der Waals surface area contributed by atoms with Crippen LogP contribution in [0.25, 0.3) is 0 Å². The second-order valence-corrected chi connectivity index (χ2v) is 10.6. The maximum absolute atomic E-state index is 12.7. The Morgan fingerprint density at radius 2 is 1.61 bits per heavy atom. The van der Waals surface area contributed by atoms with E-state index in [0.29, 0.717) is 38.5 Å². The molecule has 0 bridgehead atoms. The summed E-state index contributed by atoms with van der Waals surface area (Å²) in [5.41, 5.74) is -0.384. The maximum atomic E-state index is 12.7. The summed E-state index contributed by atoms with van der Waals surface area (Å²) in [5.74, 6) is -0.0339. The molecule has 0 aromatic carbocycles. The Morgan fingerprint density at radius 3 is 2.34 bits per heavy atom. The Bertz CT molecular complexity index is 696. The molecule has 1 aliphatic rings. The lowest BCUT2D eigenvalue weighted by Gasteiger charge is -2.33. The van der Waals surface area contributed by atoms with E-state index in [4.69, 9.17) is 4.74 Å². The number of amides is 1. The van der Waals surface area contributed by atoms with Gasteiger partial charge < -0.3 is 20.5 Å². The third kappa shape index (κ3) is 17.6. The summed E-state index contributed by atoms with van der Waals surface area (Å²) < 4.78 is 5.41. The van der Waals surface area contributed by atoms with Crippen LogP contribution in [0.5, 0.6) is 0 Å². The maximum Gasteiger partial charge on any atom is 0.305 e. The molecule has 1 rings (SSSR count). The first-order valence-electron chi connectivity index (χ1n) is 15.3. The molecule has 0 fully saturated rings. The number of cyclic esters (lactones) is 1. The molecule has 6 nitrogen and oxygen atoms in total. The highest BCUT2D eigenvalue weighted by Crippen LogP contribution is 2.23. The normalized spacial score (nSPS) is 27.4. The summed E-state index contributed by atoms with van der Waals surface area (Å²) in [5, 5.41) is 16.5. The summed E-state index contributed by atoms with van der Waals surface area (Å²) in [4.78, 5) is 24.8. The lowest BCUT2D eigenvalue weighted by Crippen LogP contribution is -2.48. The molecule has 0 aromatic heterocycles. The van der Waals surface area contributed by atoms with Gasteiger partial charge in [-0.05, 0) is 77.0 Å². The minimum atomic E-state index is -0.384. The summed E-state index contributed by atoms with van der Waals surface area (Å²) >= 11 is 0. The molecule has 2 atom stereocenters. The van der Waals surface area contributed by atoms with E-state index >= 15 is 0 Å². The topological polar surface area (TPSA) is 87.7 Å². The zero-order valence-corrected chi connectivity index (χ0v) is 24.4. The van der Waals surface area contributed by atoms with Gasteiger partial charge in [-0.3, -0.25) is 9.59 Å². The number of aliphatic hydroxyl groups is 1. The van der Waals surface area contributed by atoms with Gasteiger partial charge in [0.2, 0.25) is 5.91 Å². The fourth-order valence-corrected chi connectivity index (χ4v) is 5.08. The van der Waals surface area contributed by atoms with Crippen molar-refractivity contribution in [2.75, 3.05) is 19.8 Å². The smallest absolute Gasteiger partial charge is 0.305 e. The number of esters is 1. The van der Waals surface area contributed by atoms with Gasteiger partial charge in [-0.25, -0.2) is 0 Å². The molecule has 6 heteroatoms. The van der Waals surface area contributed by atoms with Gasteiger partial charge in [0.1, 0.15) is 6.61 Å². The quantitative estimate of drug-likeness (QED) is 0.262. The van der Waals surface area contributed by atoms with E-state index in [9.17, 15) is 14.7 Å². The zero-order valence-electron chi connectivity index (χ0n) is 24.4. The predicted octanol–water partition coefficient (Wildman–Crippen LogP) is 6.69. The number of carbonyl (C=O) groups is 2. The second-order valence-electron chi connectivity index (χ2n) is 10.6. The molecule has 0 aliphatic carbocycles. The van der Waals surface area contributed by atoms with E-state index in [1.165, 1.54) is 6.42 Å². The van der Waals surface area contributed by atoms with E-state index in [-0.39, 0.29) is 24.0 Å². The second kappa shape index (κ2) is 23.0. The average molecular weight is 533 g/mol. The molecule has 1 amide bonds. The van der Waals surface area contributed by atoms with Crippen LogP contribution < -0.4 is 10.6 Å². The SMILES string of the molecule is CCCC1CCCC/C=C/CCCC(=O)N[C@](CCC)(CCO)C/C=C/C/C=C/CCCC(=O)OCCN1. The first-order valence-corrected chi connectivity index (χ1v) is 15.3. The molecule has 0 aromatic rings. The Labute approximate surface area is 232 Å². The van der Waals surface area contributed by atoms with Crippen LogP contribution in [0.2, 0.25) is 0 Å². The van der Waals surface area contributed by atoms with Crippen LogP contribution in [0.15, 0.2) is 36.5 Å². The molecule has 218 valence electrons. The van der Waals surface area contributed by atoms with Crippen LogP contribution in [0, 0.1) is 0 Å². The average Bonchev–Trinajstić information content (AvgIpc) is 2.88. The van der Waals surface area contributed by atoms with E-state index < -0.39 is 0 Å². The molecule has 38 heavy (non-hydrogen) atoms. The van der Waals surface area contributed by atoms with Gasteiger partial charge >= 0.3 is 5.97 Å². The lowest BCUT2D eigenvalue weighted by molar-refractivity contribution is -0.143. The number of hydrogen-bond donors (Lipinski definition) is 3. The van der Waals surface area contributed by atoms with Crippen molar-refractivity contribution in [1.29, 1.82) is 0 Å². The van der Waals surface area contributed by atoms with Crippen molar-refractivity contribution in [1.82, 2.24) is 10.6 Å². The van der Waals surface area contributed by atoms with Gasteiger partial charge in [0, 0.05) is 37.6 Å². The molecule has 1 heterocycles. The molecular weight excluding hydrogens is 476 g/mol. The van der Waals surface area contributed by atoms with Gasteiger partial charge in [0.05, 0.1) is 0 Å². The van der Waals surface area contributed by atoms with E-state index in [1.807, 2.05) is 0 Å². The molecule has 1 aliphatic heterocycles. The van der Waals surface area contributed by atoms with Crippen molar-refractivity contribution in [3.05, 3.63) is 36.5 Å². The van der Waals surface area contributed by atoms with Crippen LogP contribution >= 0.6 is 0 Å². The van der Waals surface area contributed by atoms with Crippen LogP contribution in [0.3, 0.4) is 0 Å². The van der Waals surface area contributed by atoms with E-state index in [1.54, 1.807) is 0 Å². The van der Waals surface area contributed by atoms with Crippen LogP contribution in [-0.4, -0.2) is 48.3 Å². The summed E-state index contributed by atoms with van der Waals surface area (Å²) in [7, 11) is 0. The van der Waals surface area contributed by atoms with Crippen molar-refractivity contribution in [3.8, 4) is 0 Å². The first-order chi connectivity index (χ1) is 18.5. The summed E-state index contributed by atoms with van der Waals surface area (Å²) in [6, 6.07) is 0.480. The van der Waals surface area contributed by atoms with Crippen LogP contribution in [-0.2, 0) is 14.3 Å². The fourth-order valence-electron chi connectivity index (χ4n) is 5.08. The van der Waals surface area contributed by atoms with Crippen molar-refractivity contribution in [2.24, 2.45) is 0 Å². The largest absolute Gasteiger partial charge is 0.464 e. The monoisotopic (exact) mass is 532 g/mol. The minimum Gasteiger partial charge on any atom is -0.464 e. The van der Waals surface area contributed by atoms with Crippen LogP contribution in [0.1, 0.15) is 123 Å². The van der Waals surface area contributed by atoms with Crippen molar-refractivity contribution in [3.63, 3.8) is 0 Å². The highest BCUT2D eigenvalue weighted by atomic mass is 16.5. The third-order valence-electron chi connectivity index (χ3n) is 7.14. The van der Waals surface area contributed by atoms with E-state index in [2.05, 4.69) is 60.9 Å². The molecule has 0 saturated carbocycles. The summed E-state index contributed by atoms with van der Waals surface area (Å²) in [6.07, 6.45) is 28.1. The number of allylic oxidation sites excluding steroid dienone is 5. The molecule has 0 radical (unpaired) electrons. The Hall–Kier alpha value is -1.92. The van der Waals surface area contributed by atoms with Crippen LogP contribution in [0.4, 0.5) is 0 Å². The van der Waals surface area contributed by atoms with Crippen molar-refractivity contribution >= 4 is 11.9 Å². The van der Waals surface area contributed by atoms with Gasteiger partial charge in [0.15, 0.2) is 0 Å². The number of aliphatic hydroxyl groups excluding tert-OH is 1. The highest BCUT2D eigenvalue weighted by molar-refractivity contribution is 5.76. The number of carbonyl (C=O) groups excluding carboxylic acids is 2. The Kier molecular flexibility index (Phi) is 20.7. The molecule has 0 saturated heterocycles. The Balaban J connectivity index is 2.70. The van der Waals surface area contributed by atoms with Gasteiger partial charge in [-0.2, -0.15) is 0 Å². The summed E-state index contributed by atoms with van der Waals surface area (Å²) in [6.45, 7) is 5.55. The van der Waals surface area contributed by atoms with Crippen molar-refractivity contribution < 1.29 is 19.4 Å². The standard InChI is InChI=1S/C32H56N2O4/c1-3-19-29-20-15-11-7-5-8-12-16-21-30(36)34-32(23-4-2,25-27-35)24-18-14-10-6-9-13-17-22-31(37)38-28-26-33-29/h5-6,8-9,14,18,29,33,35H,3-4,7,10-13,15-17,19-28H2,1-2H3,(H,34,36)/b8-5+,9-6+,18-14+/t29?,32-/m0/s1. The zero-order chi connectivity index (χ0) is 27.7. The number of nitrogens with one attached hydrogen (secondary N) is 2. The molecule has 3 N–H and O–H groups in total. The number of ether oxygens (including phenoxy) is 1. The van der Waals surface area contributed by atoms with Crippen molar-refractivity contribution in [2.45, 2.75) is 135 Å². The minimum absolute atomic E-state index is 0.0639. The first kappa shape index (κ1) is 34.1. The molecule has 1 unspecified atom stereocenters. The van der Waals surface area contributed by atoms with Gasteiger partial charge in [-0.15, -0.1) is 0 Å². The van der Waals surface area contributed by atoms with Gasteiger partial charge in [0.25, 0.3) is 0 Å². The number of hydrogen-bond acceptors (Lipinski definition) is 5. The highest BCUT2D eigenvalue weighted by Gasteiger charge is 2.29. The fraction of sp³-hybridized carbons (Fsp3) is 0.750. The predicted molar refractivity (Wildman–Crippen MR) is 158 cm³/mol. The lowest BCUT2D eigenvalue weighted by atomic mass is 9.86.